The fourth-order valence-electron chi connectivity index (χ4n) is 1.99. The number of benzene rings is 1. The molecule has 108 valence electrons. The van der Waals surface area contributed by atoms with Crippen LogP contribution in [0.25, 0.3) is 0 Å². The molecule has 1 aromatic carbocycles. The lowest BCUT2D eigenvalue weighted by atomic mass is 10.1. The lowest BCUT2D eigenvalue weighted by Gasteiger charge is -2.14. The molecule has 0 saturated heterocycles. The number of aliphatic hydroxyl groups excluding tert-OH is 1. The van der Waals surface area contributed by atoms with Crippen LogP contribution in [-0.4, -0.2) is 11.7 Å². The zero-order valence-electron chi connectivity index (χ0n) is 11.9. The largest absolute Gasteiger partial charge is 0.494 e. The molecule has 0 amide bonds. The van der Waals surface area contributed by atoms with E-state index in [1.54, 1.807) is 6.07 Å². The number of aliphatic hydroxyl groups is 1. The molecule has 1 unspecified atom stereocenters. The van der Waals surface area contributed by atoms with Crippen LogP contribution in [0.15, 0.2) is 40.8 Å². The first-order valence-corrected chi connectivity index (χ1v) is 6.87. The summed E-state index contributed by atoms with van der Waals surface area (Å²) in [6.45, 7) is 5.33. The molecular formula is C16H21NO3. The van der Waals surface area contributed by atoms with Gasteiger partial charge >= 0.3 is 0 Å². The van der Waals surface area contributed by atoms with Crippen LogP contribution in [0.2, 0.25) is 0 Å². The van der Waals surface area contributed by atoms with E-state index in [2.05, 4.69) is 24.4 Å². The summed E-state index contributed by atoms with van der Waals surface area (Å²) in [4.78, 5) is 0. The Labute approximate surface area is 119 Å². The minimum absolute atomic E-state index is 0.0611. The summed E-state index contributed by atoms with van der Waals surface area (Å²) in [5.74, 6) is 2.31. The number of rotatable bonds is 7. The molecule has 0 radical (unpaired) electrons. The van der Waals surface area contributed by atoms with Gasteiger partial charge in [-0.05, 0) is 43.7 Å². The van der Waals surface area contributed by atoms with Crippen LogP contribution >= 0.6 is 0 Å². The Morgan fingerprint density at radius 2 is 1.85 bits per heavy atom. The van der Waals surface area contributed by atoms with Crippen LogP contribution in [0, 0.1) is 0 Å². The van der Waals surface area contributed by atoms with Gasteiger partial charge in [-0.3, -0.25) is 0 Å². The Kier molecular flexibility index (Phi) is 5.21. The second-order valence-electron chi connectivity index (χ2n) is 4.63. The smallest absolute Gasteiger partial charge is 0.129 e. The first-order valence-electron chi connectivity index (χ1n) is 6.87. The van der Waals surface area contributed by atoms with Crippen molar-refractivity contribution in [1.82, 2.24) is 5.32 Å². The molecule has 0 aliphatic carbocycles. The van der Waals surface area contributed by atoms with E-state index in [0.717, 1.165) is 11.5 Å². The molecule has 0 saturated carbocycles. The van der Waals surface area contributed by atoms with Crippen molar-refractivity contribution in [3.8, 4) is 5.75 Å². The number of furan rings is 1. The first kappa shape index (κ1) is 14.6. The minimum atomic E-state index is -0.0611. The lowest BCUT2D eigenvalue weighted by molar-refractivity contribution is 0.242. The third-order valence-electron chi connectivity index (χ3n) is 3.15. The van der Waals surface area contributed by atoms with Crippen LogP contribution in [0.5, 0.6) is 5.75 Å². The minimum Gasteiger partial charge on any atom is -0.494 e. The summed E-state index contributed by atoms with van der Waals surface area (Å²) in [6, 6.07) is 12.0. The Balaban J connectivity index is 1.89. The normalized spacial score (nSPS) is 12.3. The summed E-state index contributed by atoms with van der Waals surface area (Å²) in [5.41, 5.74) is 1.20. The summed E-state index contributed by atoms with van der Waals surface area (Å²) < 4.78 is 10.9. The Morgan fingerprint density at radius 3 is 2.45 bits per heavy atom. The maximum absolute atomic E-state index is 8.95. The highest BCUT2D eigenvalue weighted by Gasteiger charge is 2.07. The van der Waals surface area contributed by atoms with Crippen molar-refractivity contribution < 1.29 is 14.3 Å². The molecule has 0 bridgehead atoms. The van der Waals surface area contributed by atoms with Crippen LogP contribution in [0.4, 0.5) is 0 Å². The van der Waals surface area contributed by atoms with E-state index in [4.69, 9.17) is 14.3 Å². The molecule has 1 heterocycles. The molecule has 0 fully saturated rings. The van der Waals surface area contributed by atoms with Crippen molar-refractivity contribution in [3.05, 3.63) is 53.5 Å². The zero-order valence-corrected chi connectivity index (χ0v) is 11.9. The molecular weight excluding hydrogens is 254 g/mol. The third kappa shape index (κ3) is 3.85. The van der Waals surface area contributed by atoms with Gasteiger partial charge in [0.25, 0.3) is 0 Å². The molecule has 20 heavy (non-hydrogen) atoms. The van der Waals surface area contributed by atoms with Crippen molar-refractivity contribution in [3.63, 3.8) is 0 Å². The summed E-state index contributed by atoms with van der Waals surface area (Å²) >= 11 is 0. The Bertz CT molecular complexity index is 519. The standard InChI is InChI=1S/C16H21NO3/c1-3-19-14-6-4-13(5-7-14)12(2)17-10-15-8-9-16(11-18)20-15/h4-9,12,17-18H,3,10-11H2,1-2H3. The van der Waals surface area contributed by atoms with Gasteiger partial charge in [-0.2, -0.15) is 0 Å². The number of nitrogens with one attached hydrogen (secondary N) is 1. The number of hydrogen-bond donors (Lipinski definition) is 2. The van der Waals surface area contributed by atoms with Gasteiger partial charge in [0.2, 0.25) is 0 Å². The van der Waals surface area contributed by atoms with Gasteiger partial charge in [0.15, 0.2) is 0 Å². The van der Waals surface area contributed by atoms with E-state index in [1.165, 1.54) is 5.56 Å². The number of hydrogen-bond acceptors (Lipinski definition) is 4. The van der Waals surface area contributed by atoms with Crippen LogP contribution < -0.4 is 10.1 Å². The summed E-state index contributed by atoms with van der Waals surface area (Å²) in [6.07, 6.45) is 0. The van der Waals surface area contributed by atoms with Crippen LogP contribution in [-0.2, 0) is 13.2 Å². The molecule has 4 nitrogen and oxygen atoms in total. The second-order valence-corrected chi connectivity index (χ2v) is 4.63. The van der Waals surface area contributed by atoms with Crippen molar-refractivity contribution in [2.45, 2.75) is 33.0 Å². The maximum atomic E-state index is 8.95. The van der Waals surface area contributed by atoms with Crippen molar-refractivity contribution in [2.75, 3.05) is 6.61 Å². The molecule has 0 aliphatic heterocycles. The highest BCUT2D eigenvalue weighted by molar-refractivity contribution is 5.29. The van der Waals surface area contributed by atoms with Gasteiger partial charge in [0, 0.05) is 6.04 Å². The van der Waals surface area contributed by atoms with Gasteiger partial charge in [0.05, 0.1) is 13.2 Å². The molecule has 2 aromatic rings. The molecule has 1 atom stereocenters. The summed E-state index contributed by atoms with van der Waals surface area (Å²) in [5, 5.41) is 12.3. The molecule has 4 heteroatoms. The highest BCUT2D eigenvalue weighted by atomic mass is 16.5. The maximum Gasteiger partial charge on any atom is 0.129 e. The third-order valence-corrected chi connectivity index (χ3v) is 3.15. The van der Waals surface area contributed by atoms with E-state index in [1.807, 2.05) is 25.1 Å². The van der Waals surface area contributed by atoms with Gasteiger partial charge in [-0.15, -0.1) is 0 Å². The molecule has 2 rings (SSSR count). The quantitative estimate of drug-likeness (QED) is 0.815. The van der Waals surface area contributed by atoms with Crippen molar-refractivity contribution >= 4 is 0 Å². The van der Waals surface area contributed by atoms with Gasteiger partial charge in [0.1, 0.15) is 23.9 Å². The molecule has 2 N–H and O–H groups in total. The topological polar surface area (TPSA) is 54.6 Å². The predicted molar refractivity (Wildman–Crippen MR) is 77.5 cm³/mol. The fraction of sp³-hybridized carbons (Fsp3) is 0.375. The fourth-order valence-corrected chi connectivity index (χ4v) is 1.99. The van der Waals surface area contributed by atoms with Crippen molar-refractivity contribution in [2.24, 2.45) is 0 Å². The monoisotopic (exact) mass is 275 g/mol. The Morgan fingerprint density at radius 1 is 1.15 bits per heavy atom. The average molecular weight is 275 g/mol. The van der Waals surface area contributed by atoms with Crippen LogP contribution in [0.3, 0.4) is 0 Å². The van der Waals surface area contributed by atoms with E-state index in [0.29, 0.717) is 18.9 Å². The molecule has 0 spiro atoms. The van der Waals surface area contributed by atoms with Gasteiger partial charge in [-0.1, -0.05) is 12.1 Å². The second kappa shape index (κ2) is 7.12. The van der Waals surface area contributed by atoms with Gasteiger partial charge in [-0.25, -0.2) is 0 Å². The first-order chi connectivity index (χ1) is 9.72. The molecule has 0 aliphatic rings. The SMILES string of the molecule is CCOc1ccc(C(C)NCc2ccc(CO)o2)cc1. The van der Waals surface area contributed by atoms with E-state index in [-0.39, 0.29) is 12.6 Å². The zero-order chi connectivity index (χ0) is 14.4. The van der Waals surface area contributed by atoms with E-state index >= 15 is 0 Å². The van der Waals surface area contributed by atoms with Crippen LogP contribution in [0.1, 0.15) is 37.0 Å². The van der Waals surface area contributed by atoms with Crippen molar-refractivity contribution in [1.29, 1.82) is 0 Å². The van der Waals surface area contributed by atoms with Gasteiger partial charge < -0.3 is 19.6 Å². The number of ether oxygens (including phenoxy) is 1. The van der Waals surface area contributed by atoms with E-state index < -0.39 is 0 Å². The molecule has 1 aromatic heterocycles. The lowest BCUT2D eigenvalue weighted by Crippen LogP contribution is -2.17. The predicted octanol–water partition coefficient (Wildman–Crippen LogP) is 3.02. The summed E-state index contributed by atoms with van der Waals surface area (Å²) in [7, 11) is 0. The average Bonchev–Trinajstić information content (AvgIpc) is 2.94. The highest BCUT2D eigenvalue weighted by Crippen LogP contribution is 2.18. The van der Waals surface area contributed by atoms with E-state index in [9.17, 15) is 0 Å². The Hall–Kier alpha value is -1.78.